The third kappa shape index (κ3) is 24.3. The molecule has 0 saturated heterocycles. The Morgan fingerprint density at radius 1 is 0.325 bits per heavy atom. The Bertz CT molecular complexity index is 2410. The van der Waals surface area contributed by atoms with Gasteiger partial charge in [0.25, 0.3) is 0 Å². The lowest BCUT2D eigenvalue weighted by atomic mass is 10.1. The van der Waals surface area contributed by atoms with Crippen LogP contribution in [0.3, 0.4) is 0 Å². The maximum absolute atomic E-state index is 12.8. The number of carbonyl (C=O) groups excluding carboxylic acids is 2. The maximum Gasteiger partial charge on any atom is 0.343 e. The van der Waals surface area contributed by atoms with Crippen molar-refractivity contribution in [1.82, 2.24) is 0 Å². The Morgan fingerprint density at radius 3 is 0.909 bits per heavy atom. The van der Waals surface area contributed by atoms with Gasteiger partial charge in [-0.3, -0.25) is 9.98 Å². The first-order valence-electron chi connectivity index (χ1n) is 29.0. The third-order valence-corrected chi connectivity index (χ3v) is 13.5. The molecule has 0 aromatic heterocycles. The lowest BCUT2D eigenvalue weighted by Crippen LogP contribution is -2.08. The van der Waals surface area contributed by atoms with Crippen LogP contribution in [0.5, 0.6) is 34.5 Å². The van der Waals surface area contributed by atoms with E-state index in [0.29, 0.717) is 47.3 Å². The summed E-state index contributed by atoms with van der Waals surface area (Å²) in [7, 11) is 0. The summed E-state index contributed by atoms with van der Waals surface area (Å²) < 4.78 is 29.2. The number of hydrogen-bond donors (Lipinski definition) is 0. The molecular weight excluding hydrogens is 957 g/mol. The predicted molar refractivity (Wildman–Crippen MR) is 316 cm³/mol. The molecule has 0 unspecified atom stereocenters. The average Bonchev–Trinajstić information content (AvgIpc) is 3.46. The summed E-state index contributed by atoms with van der Waals surface area (Å²) >= 11 is 0. The van der Waals surface area contributed by atoms with Crippen molar-refractivity contribution in [3.05, 3.63) is 168 Å². The van der Waals surface area contributed by atoms with Gasteiger partial charge in [0.2, 0.25) is 0 Å². The second-order valence-electron chi connectivity index (χ2n) is 20.0. The van der Waals surface area contributed by atoms with Crippen LogP contribution in [-0.2, 0) is 0 Å². The standard InChI is InChI=1S/C68H84N2O7/c1-3-5-7-9-11-13-15-17-19-21-23-25-51-73-61-43-31-57(32-44-61)67(71)76-65-39-27-55(28-40-65)53-69-59-35-47-63(48-36-59)75-64-49-37-60(38-50-64)70-54-56-29-41-66(42-30-56)77-68(72)58-33-45-62(46-34-58)74-52-26-24-22-20-18-16-14-12-10-8-6-4-2/h27-50,53-54H,3-26,51-52H2,1-2H3. The second kappa shape index (κ2) is 36.1. The zero-order valence-corrected chi connectivity index (χ0v) is 46.1. The van der Waals surface area contributed by atoms with E-state index < -0.39 is 11.9 Å². The Balaban J connectivity index is 0.819. The van der Waals surface area contributed by atoms with Crippen molar-refractivity contribution in [1.29, 1.82) is 0 Å². The van der Waals surface area contributed by atoms with Gasteiger partial charge in [-0.1, -0.05) is 155 Å². The van der Waals surface area contributed by atoms with Crippen LogP contribution >= 0.6 is 0 Å². The van der Waals surface area contributed by atoms with Crippen LogP contribution in [0.15, 0.2) is 156 Å². The van der Waals surface area contributed by atoms with E-state index in [0.717, 1.165) is 46.8 Å². The highest BCUT2D eigenvalue weighted by molar-refractivity contribution is 5.92. The lowest BCUT2D eigenvalue weighted by Gasteiger charge is -2.08. The highest BCUT2D eigenvalue weighted by atomic mass is 16.5. The normalized spacial score (nSPS) is 11.3. The van der Waals surface area contributed by atoms with Gasteiger partial charge < -0.3 is 23.7 Å². The largest absolute Gasteiger partial charge is 0.494 e. The Morgan fingerprint density at radius 2 is 0.597 bits per heavy atom. The molecule has 0 radical (unpaired) electrons. The fraction of sp³-hybridized carbons (Fsp3) is 0.412. The van der Waals surface area contributed by atoms with Gasteiger partial charge in [0, 0.05) is 12.4 Å². The first kappa shape index (κ1) is 59.2. The minimum absolute atomic E-state index is 0.421. The Labute approximate surface area is 460 Å². The van der Waals surface area contributed by atoms with Crippen molar-refractivity contribution in [3.8, 4) is 34.5 Å². The lowest BCUT2D eigenvalue weighted by molar-refractivity contribution is 0.0725. The minimum atomic E-state index is -0.421. The van der Waals surface area contributed by atoms with E-state index in [1.165, 1.54) is 141 Å². The van der Waals surface area contributed by atoms with Crippen LogP contribution < -0.4 is 23.7 Å². The molecule has 408 valence electrons. The van der Waals surface area contributed by atoms with Crippen LogP contribution in [0.2, 0.25) is 0 Å². The summed E-state index contributed by atoms with van der Waals surface area (Å²) in [6.07, 6.45) is 35.0. The first-order valence-corrected chi connectivity index (χ1v) is 29.0. The summed E-state index contributed by atoms with van der Waals surface area (Å²) in [4.78, 5) is 34.9. The number of hydrogen-bond acceptors (Lipinski definition) is 9. The molecule has 6 rings (SSSR count). The molecule has 0 saturated carbocycles. The molecule has 9 heteroatoms. The van der Waals surface area contributed by atoms with Crippen LogP contribution in [0, 0.1) is 0 Å². The highest BCUT2D eigenvalue weighted by Crippen LogP contribution is 2.27. The SMILES string of the molecule is CCCCCCCCCCCCCCOc1ccc(C(=O)Oc2ccc(C=Nc3ccc(Oc4ccc(N=Cc5ccc(OC(=O)c6ccc(OCCCCCCCCCCCCCC)cc6)cc5)cc4)cc3)cc2)cc1. The Kier molecular flexibility index (Phi) is 27.8. The zero-order chi connectivity index (χ0) is 53.8. The van der Waals surface area contributed by atoms with Gasteiger partial charge in [-0.2, -0.15) is 0 Å². The van der Waals surface area contributed by atoms with Crippen LogP contribution in [0.4, 0.5) is 11.4 Å². The van der Waals surface area contributed by atoms with E-state index in [-0.39, 0.29) is 0 Å². The summed E-state index contributed by atoms with van der Waals surface area (Å²) in [5, 5.41) is 0. The molecule has 0 aliphatic carbocycles. The number of rotatable bonds is 38. The summed E-state index contributed by atoms with van der Waals surface area (Å²) in [5.41, 5.74) is 4.19. The van der Waals surface area contributed by atoms with Gasteiger partial charge in [-0.05, 0) is 170 Å². The van der Waals surface area contributed by atoms with Crippen molar-refractivity contribution in [2.75, 3.05) is 13.2 Å². The number of carbonyl (C=O) groups is 2. The van der Waals surface area contributed by atoms with Gasteiger partial charge in [-0.25, -0.2) is 9.59 Å². The molecule has 77 heavy (non-hydrogen) atoms. The molecule has 6 aromatic carbocycles. The molecule has 0 aliphatic heterocycles. The van der Waals surface area contributed by atoms with Crippen LogP contribution in [-0.4, -0.2) is 37.6 Å². The van der Waals surface area contributed by atoms with Crippen molar-refractivity contribution in [3.63, 3.8) is 0 Å². The molecular formula is C68H84N2O7. The van der Waals surface area contributed by atoms with E-state index in [1.54, 1.807) is 61.0 Å². The molecule has 6 aromatic rings. The number of unbranched alkanes of at least 4 members (excludes halogenated alkanes) is 22. The maximum atomic E-state index is 12.8. The molecule has 0 fully saturated rings. The summed E-state index contributed by atoms with van der Waals surface area (Å²) in [5.74, 6) is 2.94. The van der Waals surface area contributed by atoms with E-state index in [9.17, 15) is 9.59 Å². The average molecular weight is 1040 g/mol. The van der Waals surface area contributed by atoms with E-state index >= 15 is 0 Å². The van der Waals surface area contributed by atoms with Gasteiger partial charge in [0.1, 0.15) is 34.5 Å². The highest BCUT2D eigenvalue weighted by Gasteiger charge is 2.11. The van der Waals surface area contributed by atoms with Crippen molar-refractivity contribution < 1.29 is 33.3 Å². The van der Waals surface area contributed by atoms with E-state index in [2.05, 4.69) is 23.8 Å². The number of aliphatic imine (C=N–C) groups is 2. The molecule has 0 N–H and O–H groups in total. The molecule has 0 heterocycles. The topological polar surface area (TPSA) is 105 Å². The van der Waals surface area contributed by atoms with Crippen LogP contribution in [0.1, 0.15) is 200 Å². The second-order valence-corrected chi connectivity index (χ2v) is 20.0. The molecule has 0 atom stereocenters. The van der Waals surface area contributed by atoms with E-state index in [4.69, 9.17) is 23.7 Å². The van der Waals surface area contributed by atoms with Gasteiger partial charge >= 0.3 is 11.9 Å². The zero-order valence-electron chi connectivity index (χ0n) is 46.1. The van der Waals surface area contributed by atoms with E-state index in [1.807, 2.05) is 97.1 Å². The number of ether oxygens (including phenoxy) is 5. The number of benzene rings is 6. The van der Waals surface area contributed by atoms with Gasteiger partial charge in [0.15, 0.2) is 0 Å². The molecule has 0 aliphatic rings. The summed E-state index contributed by atoms with van der Waals surface area (Å²) in [6, 6.07) is 43.8. The van der Waals surface area contributed by atoms with Crippen molar-refractivity contribution in [2.45, 2.75) is 168 Å². The monoisotopic (exact) mass is 1040 g/mol. The summed E-state index contributed by atoms with van der Waals surface area (Å²) in [6.45, 7) is 5.90. The molecule has 0 amide bonds. The number of esters is 2. The molecule has 0 bridgehead atoms. The fourth-order valence-electron chi connectivity index (χ4n) is 8.85. The first-order chi connectivity index (χ1) is 37.9. The smallest absolute Gasteiger partial charge is 0.343 e. The minimum Gasteiger partial charge on any atom is -0.494 e. The third-order valence-electron chi connectivity index (χ3n) is 13.5. The van der Waals surface area contributed by atoms with Gasteiger partial charge in [-0.15, -0.1) is 0 Å². The number of nitrogens with zero attached hydrogens (tertiary/aromatic N) is 2. The fourth-order valence-corrected chi connectivity index (χ4v) is 8.85. The quantitative estimate of drug-likeness (QED) is 0.0165. The van der Waals surface area contributed by atoms with Crippen molar-refractivity contribution >= 4 is 35.7 Å². The van der Waals surface area contributed by atoms with Crippen molar-refractivity contribution in [2.24, 2.45) is 9.98 Å². The van der Waals surface area contributed by atoms with Crippen LogP contribution in [0.25, 0.3) is 0 Å². The predicted octanol–water partition coefficient (Wildman–Crippen LogP) is 19.6. The van der Waals surface area contributed by atoms with Gasteiger partial charge in [0.05, 0.1) is 35.7 Å². The Hall–Kier alpha value is -7.00. The molecule has 9 nitrogen and oxygen atoms in total. The molecule has 0 spiro atoms.